The van der Waals surface area contributed by atoms with Crippen molar-refractivity contribution >= 4 is 29.2 Å². The molecule has 4 heterocycles. The number of hydrogen-bond donors (Lipinski definition) is 0. The normalized spacial score (nSPS) is 19.0. The minimum Gasteiger partial charge on any atom is -0.337 e. The van der Waals surface area contributed by atoms with Crippen molar-refractivity contribution in [1.29, 1.82) is 0 Å². The predicted molar refractivity (Wildman–Crippen MR) is 148 cm³/mol. The molecule has 0 spiro atoms. The van der Waals surface area contributed by atoms with Crippen molar-refractivity contribution < 1.29 is 9.59 Å². The van der Waals surface area contributed by atoms with E-state index in [-0.39, 0.29) is 11.8 Å². The molecule has 0 N–H and O–H groups in total. The SMILES string of the molecule is CCCCN(C(=O)c1cccc(Cl)c1)c1nc2n(c1C(=O)N1CCC(N3CCCCC3)CC1)CCCC2. The van der Waals surface area contributed by atoms with Crippen LogP contribution in [0, 0.1) is 0 Å². The van der Waals surface area contributed by atoms with Crippen LogP contribution in [-0.4, -0.2) is 69.9 Å². The van der Waals surface area contributed by atoms with Crippen molar-refractivity contribution in [3.63, 3.8) is 0 Å². The summed E-state index contributed by atoms with van der Waals surface area (Å²) < 4.78 is 2.10. The van der Waals surface area contributed by atoms with Crippen LogP contribution in [0.4, 0.5) is 5.82 Å². The molecule has 2 saturated heterocycles. The Bertz CT molecular complexity index is 1100. The Labute approximate surface area is 225 Å². The summed E-state index contributed by atoms with van der Waals surface area (Å²) in [6, 6.07) is 7.63. The third kappa shape index (κ3) is 5.73. The van der Waals surface area contributed by atoms with Gasteiger partial charge in [-0.3, -0.25) is 14.5 Å². The van der Waals surface area contributed by atoms with E-state index in [0.717, 1.165) is 70.4 Å². The largest absolute Gasteiger partial charge is 0.337 e. The molecule has 5 rings (SSSR count). The van der Waals surface area contributed by atoms with Gasteiger partial charge in [-0.25, -0.2) is 4.98 Å². The van der Waals surface area contributed by atoms with Crippen LogP contribution in [0.25, 0.3) is 0 Å². The molecule has 0 aliphatic carbocycles. The lowest BCUT2D eigenvalue weighted by Crippen LogP contribution is -2.48. The summed E-state index contributed by atoms with van der Waals surface area (Å²) in [7, 11) is 0. The summed E-state index contributed by atoms with van der Waals surface area (Å²) in [5.41, 5.74) is 1.12. The van der Waals surface area contributed by atoms with Crippen LogP contribution in [0.5, 0.6) is 0 Å². The smallest absolute Gasteiger partial charge is 0.274 e. The number of carbonyl (C=O) groups excluding carboxylic acids is 2. The minimum atomic E-state index is -0.149. The van der Waals surface area contributed by atoms with Gasteiger partial charge in [0.1, 0.15) is 5.82 Å². The Morgan fingerprint density at radius 1 is 1.03 bits per heavy atom. The molecule has 0 bridgehead atoms. The van der Waals surface area contributed by atoms with Gasteiger partial charge in [-0.2, -0.15) is 0 Å². The second-order valence-electron chi connectivity index (χ2n) is 10.7. The van der Waals surface area contributed by atoms with E-state index in [1.807, 2.05) is 4.90 Å². The third-order valence-electron chi connectivity index (χ3n) is 8.23. The zero-order valence-electron chi connectivity index (χ0n) is 22.1. The van der Waals surface area contributed by atoms with E-state index in [0.29, 0.717) is 34.7 Å². The number of hydrogen-bond acceptors (Lipinski definition) is 4. The highest BCUT2D eigenvalue weighted by atomic mass is 35.5. The minimum absolute atomic E-state index is 0.0214. The lowest BCUT2D eigenvalue weighted by molar-refractivity contribution is 0.0580. The molecule has 0 unspecified atom stereocenters. The number of likely N-dealkylation sites (tertiary alicyclic amines) is 2. The Hall–Kier alpha value is -2.38. The van der Waals surface area contributed by atoms with Crippen LogP contribution in [0.15, 0.2) is 24.3 Å². The Balaban J connectivity index is 1.43. The molecular formula is C29H40ClN5O2. The molecule has 0 radical (unpaired) electrons. The highest BCUT2D eigenvalue weighted by Gasteiger charge is 2.35. The number of nitrogens with zero attached hydrogens (tertiary/aromatic N) is 5. The molecule has 3 aliphatic rings. The van der Waals surface area contributed by atoms with Gasteiger partial charge in [-0.15, -0.1) is 0 Å². The number of imidazole rings is 1. The molecule has 1 aromatic heterocycles. The second kappa shape index (κ2) is 12.0. The number of fused-ring (bicyclic) bond motifs is 1. The van der Waals surface area contributed by atoms with Gasteiger partial charge >= 0.3 is 0 Å². The van der Waals surface area contributed by atoms with E-state index in [2.05, 4.69) is 16.4 Å². The molecule has 2 fully saturated rings. The maximum Gasteiger partial charge on any atom is 0.274 e. The van der Waals surface area contributed by atoms with Crippen LogP contribution in [0.3, 0.4) is 0 Å². The maximum absolute atomic E-state index is 14.1. The summed E-state index contributed by atoms with van der Waals surface area (Å²) in [6.07, 6.45) is 10.7. The number of amides is 2. The molecule has 37 heavy (non-hydrogen) atoms. The number of aryl methyl sites for hydroxylation is 1. The first-order chi connectivity index (χ1) is 18.1. The molecule has 0 atom stereocenters. The molecule has 7 nitrogen and oxygen atoms in total. The summed E-state index contributed by atoms with van der Waals surface area (Å²) in [5.74, 6) is 1.32. The van der Waals surface area contributed by atoms with Crippen molar-refractivity contribution in [2.45, 2.75) is 83.7 Å². The van der Waals surface area contributed by atoms with Gasteiger partial charge in [-0.05, 0) is 76.2 Å². The average molecular weight is 526 g/mol. The molecule has 2 amide bonds. The van der Waals surface area contributed by atoms with E-state index >= 15 is 0 Å². The number of carbonyl (C=O) groups is 2. The molecule has 8 heteroatoms. The zero-order chi connectivity index (χ0) is 25.8. The number of unbranched alkanes of at least 4 members (excludes halogenated alkanes) is 1. The van der Waals surface area contributed by atoms with Gasteiger partial charge in [-0.1, -0.05) is 37.4 Å². The van der Waals surface area contributed by atoms with Gasteiger partial charge in [0.15, 0.2) is 11.5 Å². The first-order valence-electron chi connectivity index (χ1n) is 14.3. The van der Waals surface area contributed by atoms with Crippen LogP contribution >= 0.6 is 11.6 Å². The number of piperidine rings is 2. The lowest BCUT2D eigenvalue weighted by Gasteiger charge is -2.40. The highest BCUT2D eigenvalue weighted by Crippen LogP contribution is 2.31. The number of anilines is 1. The number of rotatable bonds is 7. The van der Waals surface area contributed by atoms with Gasteiger partial charge < -0.3 is 14.4 Å². The van der Waals surface area contributed by atoms with E-state index in [1.165, 1.54) is 32.4 Å². The van der Waals surface area contributed by atoms with E-state index in [9.17, 15) is 9.59 Å². The molecule has 1 aromatic carbocycles. The van der Waals surface area contributed by atoms with E-state index in [1.54, 1.807) is 29.2 Å². The highest BCUT2D eigenvalue weighted by molar-refractivity contribution is 6.31. The van der Waals surface area contributed by atoms with Crippen molar-refractivity contribution in [1.82, 2.24) is 19.4 Å². The van der Waals surface area contributed by atoms with Gasteiger partial charge in [0.25, 0.3) is 11.8 Å². The Morgan fingerprint density at radius 2 is 1.78 bits per heavy atom. The predicted octanol–water partition coefficient (Wildman–Crippen LogP) is 5.41. The molecule has 200 valence electrons. The van der Waals surface area contributed by atoms with Gasteiger partial charge in [0.05, 0.1) is 0 Å². The van der Waals surface area contributed by atoms with E-state index in [4.69, 9.17) is 16.6 Å². The van der Waals surface area contributed by atoms with Crippen LogP contribution in [-0.2, 0) is 13.0 Å². The number of benzene rings is 1. The topological polar surface area (TPSA) is 61.7 Å². The summed E-state index contributed by atoms with van der Waals surface area (Å²) in [4.78, 5) is 39.2. The van der Waals surface area contributed by atoms with Gasteiger partial charge in [0, 0.05) is 49.2 Å². The zero-order valence-corrected chi connectivity index (χ0v) is 22.9. The maximum atomic E-state index is 14.1. The lowest BCUT2D eigenvalue weighted by atomic mass is 9.99. The Kier molecular flexibility index (Phi) is 8.50. The average Bonchev–Trinajstić information content (AvgIpc) is 3.32. The van der Waals surface area contributed by atoms with Gasteiger partial charge in [0.2, 0.25) is 0 Å². The van der Waals surface area contributed by atoms with Crippen LogP contribution in [0.1, 0.15) is 91.4 Å². The molecule has 3 aliphatic heterocycles. The van der Waals surface area contributed by atoms with Crippen molar-refractivity contribution in [2.75, 3.05) is 37.6 Å². The fraction of sp³-hybridized carbons (Fsp3) is 0.621. The van der Waals surface area contributed by atoms with Crippen LogP contribution in [0.2, 0.25) is 5.02 Å². The first-order valence-corrected chi connectivity index (χ1v) is 14.6. The molecular weight excluding hydrogens is 486 g/mol. The van der Waals surface area contributed by atoms with Crippen LogP contribution < -0.4 is 4.90 Å². The summed E-state index contributed by atoms with van der Waals surface area (Å²) in [6.45, 7) is 7.32. The molecule has 2 aromatic rings. The second-order valence-corrected chi connectivity index (χ2v) is 11.2. The van der Waals surface area contributed by atoms with Crippen molar-refractivity contribution in [3.8, 4) is 0 Å². The third-order valence-corrected chi connectivity index (χ3v) is 8.46. The number of aromatic nitrogens is 2. The van der Waals surface area contributed by atoms with E-state index < -0.39 is 0 Å². The quantitative estimate of drug-likeness (QED) is 0.485. The fourth-order valence-corrected chi connectivity index (χ4v) is 6.32. The van der Waals surface area contributed by atoms with Crippen molar-refractivity contribution in [3.05, 3.63) is 46.4 Å². The monoisotopic (exact) mass is 525 g/mol. The Morgan fingerprint density at radius 3 is 2.51 bits per heavy atom. The van der Waals surface area contributed by atoms with Crippen molar-refractivity contribution in [2.24, 2.45) is 0 Å². The summed E-state index contributed by atoms with van der Waals surface area (Å²) in [5, 5.41) is 0.526. The fourth-order valence-electron chi connectivity index (χ4n) is 6.13. The number of halogens is 1. The standard InChI is InChI=1S/C29H40ClN5O2/c1-2-3-17-35(28(36)22-10-9-11-23(30)21-22)27-26(34-18-8-5-12-25(34)31-27)29(37)33-19-13-24(14-20-33)32-15-6-4-7-16-32/h9-11,21,24H,2-8,12-20H2,1H3. The summed E-state index contributed by atoms with van der Waals surface area (Å²) >= 11 is 6.22. The molecule has 0 saturated carbocycles. The first kappa shape index (κ1) is 26.2.